The van der Waals surface area contributed by atoms with Gasteiger partial charge in [0, 0.05) is 21.8 Å². The molecule has 1 fully saturated rings. The van der Waals surface area contributed by atoms with Gasteiger partial charge in [-0.15, -0.1) is 0 Å². The summed E-state index contributed by atoms with van der Waals surface area (Å²) in [6.07, 6.45) is 0.197. The molecule has 2 rings (SSSR count). The standard InChI is InChI=1S/C14H19IN2O2/c1-10-9-19-11(2)7-17(10)8-14(18)16-13-5-3-12(15)4-6-13/h3-6,10-11H,7-9H2,1-2H3,(H,16,18). The number of nitrogens with zero attached hydrogens (tertiary/aromatic N) is 1. The van der Waals surface area contributed by atoms with Gasteiger partial charge in [0.2, 0.25) is 5.91 Å². The molecule has 1 aliphatic heterocycles. The minimum atomic E-state index is 0.0298. The van der Waals surface area contributed by atoms with E-state index in [-0.39, 0.29) is 12.0 Å². The molecule has 1 amide bonds. The summed E-state index contributed by atoms with van der Waals surface area (Å²) in [7, 11) is 0. The summed E-state index contributed by atoms with van der Waals surface area (Å²) in [5.74, 6) is 0.0298. The Morgan fingerprint density at radius 1 is 1.42 bits per heavy atom. The number of ether oxygens (including phenoxy) is 1. The van der Waals surface area contributed by atoms with Crippen molar-refractivity contribution in [3.8, 4) is 0 Å². The number of morpholine rings is 1. The zero-order valence-electron chi connectivity index (χ0n) is 11.2. The molecule has 1 aromatic carbocycles. The van der Waals surface area contributed by atoms with Crippen molar-refractivity contribution in [3.05, 3.63) is 27.8 Å². The lowest BCUT2D eigenvalue weighted by molar-refractivity contribution is -0.121. The van der Waals surface area contributed by atoms with Crippen LogP contribution in [0.25, 0.3) is 0 Å². The molecular formula is C14H19IN2O2. The molecule has 19 heavy (non-hydrogen) atoms. The molecule has 0 aromatic heterocycles. The summed E-state index contributed by atoms with van der Waals surface area (Å²) in [6.45, 7) is 6.04. The van der Waals surface area contributed by atoms with E-state index in [0.717, 1.165) is 15.8 Å². The molecule has 0 spiro atoms. The maximum Gasteiger partial charge on any atom is 0.238 e. The lowest BCUT2D eigenvalue weighted by atomic mass is 10.2. The highest BCUT2D eigenvalue weighted by molar-refractivity contribution is 14.1. The van der Waals surface area contributed by atoms with Crippen LogP contribution in [0.4, 0.5) is 5.69 Å². The van der Waals surface area contributed by atoms with Gasteiger partial charge in [-0.25, -0.2) is 0 Å². The molecule has 1 aromatic rings. The largest absolute Gasteiger partial charge is 0.376 e. The van der Waals surface area contributed by atoms with E-state index < -0.39 is 0 Å². The molecule has 4 nitrogen and oxygen atoms in total. The zero-order chi connectivity index (χ0) is 13.8. The number of carbonyl (C=O) groups excluding carboxylic acids is 1. The number of hydrogen-bond donors (Lipinski definition) is 1. The molecule has 2 unspecified atom stereocenters. The van der Waals surface area contributed by atoms with Gasteiger partial charge in [0.25, 0.3) is 0 Å². The summed E-state index contributed by atoms with van der Waals surface area (Å²) in [4.78, 5) is 14.2. The van der Waals surface area contributed by atoms with Gasteiger partial charge in [0.15, 0.2) is 0 Å². The number of halogens is 1. The lowest BCUT2D eigenvalue weighted by Crippen LogP contribution is -2.50. The third-order valence-electron chi connectivity index (χ3n) is 3.21. The first-order valence-corrected chi connectivity index (χ1v) is 7.53. The SMILES string of the molecule is CC1CN(CC(=O)Nc2ccc(I)cc2)C(C)CO1. The Balaban J connectivity index is 1.88. The molecule has 0 aliphatic carbocycles. The van der Waals surface area contributed by atoms with Gasteiger partial charge >= 0.3 is 0 Å². The van der Waals surface area contributed by atoms with Crippen molar-refractivity contribution in [1.29, 1.82) is 0 Å². The molecule has 2 atom stereocenters. The average Bonchev–Trinajstić information content (AvgIpc) is 2.37. The number of hydrogen-bond acceptors (Lipinski definition) is 3. The van der Waals surface area contributed by atoms with Crippen molar-refractivity contribution >= 4 is 34.2 Å². The lowest BCUT2D eigenvalue weighted by Gasteiger charge is -2.36. The Morgan fingerprint density at radius 3 is 2.79 bits per heavy atom. The topological polar surface area (TPSA) is 41.6 Å². The fraction of sp³-hybridized carbons (Fsp3) is 0.500. The molecular weight excluding hydrogens is 355 g/mol. The van der Waals surface area contributed by atoms with Crippen molar-refractivity contribution in [1.82, 2.24) is 4.90 Å². The first-order chi connectivity index (χ1) is 9.04. The first kappa shape index (κ1) is 14.7. The van der Waals surface area contributed by atoms with Gasteiger partial charge in [-0.05, 0) is 60.7 Å². The highest BCUT2D eigenvalue weighted by Crippen LogP contribution is 2.13. The highest BCUT2D eigenvalue weighted by Gasteiger charge is 2.24. The number of anilines is 1. The third kappa shape index (κ3) is 4.43. The van der Waals surface area contributed by atoms with E-state index in [2.05, 4.69) is 39.7 Å². The van der Waals surface area contributed by atoms with Crippen LogP contribution in [-0.2, 0) is 9.53 Å². The molecule has 0 radical (unpaired) electrons. The molecule has 1 aliphatic rings. The van der Waals surface area contributed by atoms with Gasteiger partial charge < -0.3 is 10.1 Å². The minimum Gasteiger partial charge on any atom is -0.376 e. The number of rotatable bonds is 3. The molecule has 104 valence electrons. The highest BCUT2D eigenvalue weighted by atomic mass is 127. The third-order valence-corrected chi connectivity index (χ3v) is 3.93. The zero-order valence-corrected chi connectivity index (χ0v) is 13.4. The Bertz CT molecular complexity index is 436. The Hall–Kier alpha value is -0.660. The van der Waals surface area contributed by atoms with Crippen LogP contribution in [0, 0.1) is 3.57 Å². The van der Waals surface area contributed by atoms with Crippen LogP contribution in [0.1, 0.15) is 13.8 Å². The van der Waals surface area contributed by atoms with Crippen molar-refractivity contribution in [2.24, 2.45) is 0 Å². The smallest absolute Gasteiger partial charge is 0.238 e. The second kappa shape index (κ2) is 6.67. The average molecular weight is 374 g/mol. The van der Waals surface area contributed by atoms with Crippen LogP contribution in [0.5, 0.6) is 0 Å². The quantitative estimate of drug-likeness (QED) is 0.826. The van der Waals surface area contributed by atoms with E-state index in [9.17, 15) is 4.79 Å². The van der Waals surface area contributed by atoms with E-state index >= 15 is 0 Å². The molecule has 1 N–H and O–H groups in total. The number of carbonyl (C=O) groups is 1. The molecule has 0 saturated carbocycles. The van der Waals surface area contributed by atoms with E-state index in [4.69, 9.17) is 4.74 Å². The van der Waals surface area contributed by atoms with Crippen LogP contribution in [0.3, 0.4) is 0 Å². The summed E-state index contributed by atoms with van der Waals surface area (Å²) in [5.41, 5.74) is 0.847. The van der Waals surface area contributed by atoms with Gasteiger partial charge in [-0.3, -0.25) is 9.69 Å². The summed E-state index contributed by atoms with van der Waals surface area (Å²) >= 11 is 2.24. The van der Waals surface area contributed by atoms with Crippen molar-refractivity contribution in [3.63, 3.8) is 0 Å². The van der Waals surface area contributed by atoms with Crippen molar-refractivity contribution in [2.45, 2.75) is 26.0 Å². The molecule has 0 bridgehead atoms. The summed E-state index contributed by atoms with van der Waals surface area (Å²) in [6, 6.07) is 8.10. The van der Waals surface area contributed by atoms with Crippen molar-refractivity contribution < 1.29 is 9.53 Å². The van der Waals surface area contributed by atoms with Crippen molar-refractivity contribution in [2.75, 3.05) is 25.0 Å². The number of amides is 1. The fourth-order valence-corrected chi connectivity index (χ4v) is 2.47. The predicted molar refractivity (Wildman–Crippen MR) is 84.2 cm³/mol. The number of nitrogens with one attached hydrogen (secondary N) is 1. The van der Waals surface area contributed by atoms with E-state index in [1.54, 1.807) is 0 Å². The molecule has 1 saturated heterocycles. The van der Waals surface area contributed by atoms with Gasteiger partial charge in [0.1, 0.15) is 0 Å². The summed E-state index contributed by atoms with van der Waals surface area (Å²) < 4.78 is 6.72. The number of benzene rings is 1. The molecule has 1 heterocycles. The molecule has 5 heteroatoms. The maximum absolute atomic E-state index is 12.0. The Morgan fingerprint density at radius 2 is 2.11 bits per heavy atom. The van der Waals surface area contributed by atoms with Gasteiger partial charge in [-0.1, -0.05) is 0 Å². The van der Waals surface area contributed by atoms with Gasteiger partial charge in [-0.2, -0.15) is 0 Å². The fourth-order valence-electron chi connectivity index (χ4n) is 2.11. The second-order valence-corrected chi connectivity index (χ2v) is 6.22. The maximum atomic E-state index is 12.0. The second-order valence-electron chi connectivity index (χ2n) is 4.98. The van der Waals surface area contributed by atoms with E-state index in [1.807, 2.05) is 31.2 Å². The van der Waals surface area contributed by atoms with Gasteiger partial charge in [0.05, 0.1) is 19.3 Å². The van der Waals surface area contributed by atoms with Crippen LogP contribution in [0.15, 0.2) is 24.3 Å². The Labute approximate surface area is 127 Å². The van der Waals surface area contributed by atoms with Crippen LogP contribution in [0.2, 0.25) is 0 Å². The Kier molecular flexibility index (Phi) is 5.18. The van der Waals surface area contributed by atoms with Crippen LogP contribution in [-0.4, -0.2) is 42.6 Å². The van der Waals surface area contributed by atoms with Crippen LogP contribution >= 0.6 is 22.6 Å². The summed E-state index contributed by atoms with van der Waals surface area (Å²) in [5, 5.41) is 2.93. The monoisotopic (exact) mass is 374 g/mol. The van der Waals surface area contributed by atoms with E-state index in [1.165, 1.54) is 0 Å². The first-order valence-electron chi connectivity index (χ1n) is 6.45. The van der Waals surface area contributed by atoms with E-state index in [0.29, 0.717) is 19.2 Å². The predicted octanol–water partition coefficient (Wildman–Crippen LogP) is 2.34. The normalized spacial score (nSPS) is 24.2. The van der Waals surface area contributed by atoms with Crippen LogP contribution < -0.4 is 5.32 Å². The minimum absolute atomic E-state index is 0.0298.